The number of amides is 2. The van der Waals surface area contributed by atoms with Crippen LogP contribution in [-0.2, 0) is 12.0 Å². The highest BCUT2D eigenvalue weighted by Gasteiger charge is 2.21. The van der Waals surface area contributed by atoms with E-state index in [0.29, 0.717) is 18.1 Å². The molecule has 50 heavy (non-hydrogen) atoms. The van der Waals surface area contributed by atoms with E-state index >= 15 is 0 Å². The third-order valence-corrected chi connectivity index (χ3v) is 9.05. The standard InChI is InChI=1S/C40H37N7O2S/c1-27-13-17-31(18-14-27)47-37(24-35(45-47)40(2,3)4)42-39(48)41-30-15-19-33(20-16-30)50-34-21-22-36-43-44-38(46(36)25-34)29-11-8-12-32(23-29)49-26-28-9-6-5-7-10-28/h5-25H,26H2,1-4H3,(H2,41,42,48). The van der Waals surface area contributed by atoms with Crippen molar-refractivity contribution in [2.75, 3.05) is 10.6 Å². The van der Waals surface area contributed by atoms with Crippen LogP contribution in [0.1, 0.15) is 37.6 Å². The minimum atomic E-state index is -0.348. The van der Waals surface area contributed by atoms with E-state index < -0.39 is 0 Å². The predicted molar refractivity (Wildman–Crippen MR) is 199 cm³/mol. The normalized spacial score (nSPS) is 11.4. The predicted octanol–water partition coefficient (Wildman–Crippen LogP) is 9.56. The number of ether oxygens (including phenoxy) is 1. The summed E-state index contributed by atoms with van der Waals surface area (Å²) in [6.45, 7) is 8.83. The van der Waals surface area contributed by atoms with Crippen LogP contribution in [0.25, 0.3) is 22.7 Å². The first-order chi connectivity index (χ1) is 24.2. The Morgan fingerprint density at radius 2 is 1.56 bits per heavy atom. The average Bonchev–Trinajstić information content (AvgIpc) is 3.74. The summed E-state index contributed by atoms with van der Waals surface area (Å²) in [4.78, 5) is 15.2. The molecule has 10 heteroatoms. The number of nitrogens with zero attached hydrogens (tertiary/aromatic N) is 5. The summed E-state index contributed by atoms with van der Waals surface area (Å²) in [5.74, 6) is 2.10. The van der Waals surface area contributed by atoms with Crippen molar-refractivity contribution in [3.63, 3.8) is 0 Å². The number of carbonyl (C=O) groups excluding carboxylic acids is 1. The van der Waals surface area contributed by atoms with E-state index in [1.54, 1.807) is 16.4 Å². The molecule has 250 valence electrons. The lowest BCUT2D eigenvalue weighted by atomic mass is 9.92. The number of hydrogen-bond acceptors (Lipinski definition) is 6. The van der Waals surface area contributed by atoms with Crippen molar-refractivity contribution in [2.45, 2.75) is 49.5 Å². The molecule has 0 bridgehead atoms. The summed E-state index contributed by atoms with van der Waals surface area (Å²) < 4.78 is 9.82. The lowest BCUT2D eigenvalue weighted by molar-refractivity contribution is 0.262. The molecule has 3 heterocycles. The third-order valence-electron chi connectivity index (χ3n) is 8.06. The second kappa shape index (κ2) is 13.9. The fraction of sp³-hybridized carbons (Fsp3) is 0.150. The Balaban J connectivity index is 1.02. The van der Waals surface area contributed by atoms with Gasteiger partial charge in [-0.1, -0.05) is 92.7 Å². The van der Waals surface area contributed by atoms with Crippen molar-refractivity contribution < 1.29 is 9.53 Å². The number of aryl methyl sites for hydroxylation is 1. The molecule has 0 spiro atoms. The van der Waals surface area contributed by atoms with E-state index in [2.05, 4.69) is 41.6 Å². The van der Waals surface area contributed by atoms with Gasteiger partial charge in [0.2, 0.25) is 0 Å². The maximum absolute atomic E-state index is 13.1. The minimum absolute atomic E-state index is 0.181. The van der Waals surface area contributed by atoms with Gasteiger partial charge in [-0.25, -0.2) is 9.48 Å². The lowest BCUT2D eigenvalue weighted by Crippen LogP contribution is -2.21. The SMILES string of the molecule is Cc1ccc(-n2nc(C(C)(C)C)cc2NC(=O)Nc2ccc(Sc3ccc4nnc(-c5cccc(OCc6ccccc6)c5)n4c3)cc2)cc1. The number of nitrogens with one attached hydrogen (secondary N) is 2. The van der Waals surface area contributed by atoms with Crippen molar-refractivity contribution in [2.24, 2.45) is 0 Å². The van der Waals surface area contributed by atoms with Crippen LogP contribution in [0.5, 0.6) is 5.75 Å². The second-order valence-corrected chi connectivity index (χ2v) is 14.2. The summed E-state index contributed by atoms with van der Waals surface area (Å²) in [5, 5.41) is 19.6. The van der Waals surface area contributed by atoms with Gasteiger partial charge in [-0.2, -0.15) is 5.10 Å². The second-order valence-electron chi connectivity index (χ2n) is 13.0. The van der Waals surface area contributed by atoms with Crippen LogP contribution in [0.4, 0.5) is 16.3 Å². The fourth-order valence-corrected chi connectivity index (χ4v) is 6.17. The van der Waals surface area contributed by atoms with Crippen molar-refractivity contribution in [3.05, 3.63) is 144 Å². The lowest BCUT2D eigenvalue weighted by Gasteiger charge is -2.14. The Labute approximate surface area is 295 Å². The molecule has 2 N–H and O–H groups in total. The van der Waals surface area contributed by atoms with E-state index in [-0.39, 0.29) is 11.4 Å². The van der Waals surface area contributed by atoms with Crippen LogP contribution in [0.3, 0.4) is 0 Å². The number of aromatic nitrogens is 5. The zero-order valence-corrected chi connectivity index (χ0v) is 29.1. The van der Waals surface area contributed by atoms with Gasteiger partial charge in [0, 0.05) is 38.7 Å². The molecule has 7 rings (SSSR count). The summed E-state index contributed by atoms with van der Waals surface area (Å²) in [6, 6.07) is 39.4. The number of anilines is 2. The van der Waals surface area contributed by atoms with Gasteiger partial charge in [0.25, 0.3) is 0 Å². The van der Waals surface area contributed by atoms with Crippen molar-refractivity contribution >= 4 is 34.9 Å². The van der Waals surface area contributed by atoms with Crippen molar-refractivity contribution in [3.8, 4) is 22.8 Å². The van der Waals surface area contributed by atoms with E-state index in [9.17, 15) is 4.79 Å². The fourth-order valence-electron chi connectivity index (χ4n) is 5.33. The number of rotatable bonds is 9. The van der Waals surface area contributed by atoms with Gasteiger partial charge in [-0.05, 0) is 73.2 Å². The first-order valence-corrected chi connectivity index (χ1v) is 17.2. The van der Waals surface area contributed by atoms with E-state index in [4.69, 9.17) is 9.84 Å². The molecule has 0 aliphatic carbocycles. The van der Waals surface area contributed by atoms with Gasteiger partial charge in [0.15, 0.2) is 11.5 Å². The Bertz CT molecular complexity index is 2250. The maximum atomic E-state index is 13.1. The van der Waals surface area contributed by atoms with Gasteiger partial charge in [0.1, 0.15) is 18.2 Å². The Morgan fingerprint density at radius 1 is 0.800 bits per heavy atom. The molecule has 4 aromatic carbocycles. The zero-order chi connectivity index (χ0) is 34.7. The molecular formula is C40H37N7O2S. The average molecular weight is 680 g/mol. The van der Waals surface area contributed by atoms with Gasteiger partial charge in [-0.15, -0.1) is 10.2 Å². The van der Waals surface area contributed by atoms with Gasteiger partial charge in [0.05, 0.1) is 11.4 Å². The van der Waals surface area contributed by atoms with Crippen LogP contribution < -0.4 is 15.4 Å². The molecule has 0 saturated carbocycles. The molecule has 0 saturated heterocycles. The number of fused-ring (bicyclic) bond motifs is 1. The van der Waals surface area contributed by atoms with Gasteiger partial charge < -0.3 is 10.1 Å². The molecule has 0 unspecified atom stereocenters. The molecule has 9 nitrogen and oxygen atoms in total. The minimum Gasteiger partial charge on any atom is -0.489 e. The van der Waals surface area contributed by atoms with Gasteiger partial charge in [-0.3, -0.25) is 9.72 Å². The highest BCUT2D eigenvalue weighted by atomic mass is 32.2. The summed E-state index contributed by atoms with van der Waals surface area (Å²) in [5.41, 5.74) is 6.18. The summed E-state index contributed by atoms with van der Waals surface area (Å²) >= 11 is 1.61. The van der Waals surface area contributed by atoms with Gasteiger partial charge >= 0.3 is 6.03 Å². The molecule has 2 amide bonds. The number of pyridine rings is 1. The summed E-state index contributed by atoms with van der Waals surface area (Å²) in [6.07, 6.45) is 2.04. The molecular weight excluding hydrogens is 643 g/mol. The number of benzene rings is 4. The zero-order valence-electron chi connectivity index (χ0n) is 28.3. The Hall–Kier alpha value is -5.87. The number of carbonyl (C=O) groups is 1. The monoisotopic (exact) mass is 679 g/mol. The maximum Gasteiger partial charge on any atom is 0.324 e. The Kier molecular flexibility index (Phi) is 9.10. The third kappa shape index (κ3) is 7.55. The molecule has 0 fully saturated rings. The molecule has 7 aromatic rings. The quantitative estimate of drug-likeness (QED) is 0.158. The van der Waals surface area contributed by atoms with E-state index in [1.165, 1.54) is 0 Å². The van der Waals surface area contributed by atoms with Crippen molar-refractivity contribution in [1.29, 1.82) is 0 Å². The first kappa shape index (κ1) is 32.7. The van der Waals surface area contributed by atoms with Crippen molar-refractivity contribution in [1.82, 2.24) is 24.4 Å². The van der Waals surface area contributed by atoms with Crippen LogP contribution >= 0.6 is 11.8 Å². The molecule has 3 aromatic heterocycles. The van der Waals surface area contributed by atoms with E-state index in [1.807, 2.05) is 139 Å². The summed E-state index contributed by atoms with van der Waals surface area (Å²) in [7, 11) is 0. The van der Waals surface area contributed by atoms with E-state index in [0.717, 1.165) is 55.1 Å². The van der Waals surface area contributed by atoms with Crippen LogP contribution in [-0.4, -0.2) is 30.4 Å². The number of urea groups is 1. The largest absolute Gasteiger partial charge is 0.489 e. The highest BCUT2D eigenvalue weighted by Crippen LogP contribution is 2.31. The number of hydrogen-bond donors (Lipinski definition) is 2. The topological polar surface area (TPSA) is 98.4 Å². The van der Waals surface area contributed by atoms with Crippen LogP contribution in [0, 0.1) is 6.92 Å². The first-order valence-electron chi connectivity index (χ1n) is 16.3. The molecule has 0 radical (unpaired) electrons. The Morgan fingerprint density at radius 3 is 2.32 bits per heavy atom. The molecule has 0 atom stereocenters. The molecule has 0 aliphatic heterocycles. The molecule has 0 aliphatic rings. The van der Waals surface area contributed by atoms with Crippen LogP contribution in [0.15, 0.2) is 137 Å². The van der Waals surface area contributed by atoms with Crippen LogP contribution in [0.2, 0.25) is 0 Å². The smallest absolute Gasteiger partial charge is 0.324 e. The highest BCUT2D eigenvalue weighted by molar-refractivity contribution is 7.99.